The third-order valence-corrected chi connectivity index (χ3v) is 5.57. The van der Waals surface area contributed by atoms with Gasteiger partial charge in [-0.25, -0.2) is 4.39 Å². The number of sulfonamides is 1. The molecule has 0 aliphatic carbocycles. The Labute approximate surface area is 136 Å². The van der Waals surface area contributed by atoms with Gasteiger partial charge in [-0.05, 0) is 30.3 Å². The Morgan fingerprint density at radius 2 is 1.96 bits per heavy atom. The van der Waals surface area contributed by atoms with E-state index in [0.717, 1.165) is 11.3 Å². The molecule has 0 aliphatic heterocycles. The number of thiazole rings is 1. The lowest BCUT2D eigenvalue weighted by Gasteiger charge is -2.00. The van der Waals surface area contributed by atoms with E-state index in [0.29, 0.717) is 10.2 Å². The summed E-state index contributed by atoms with van der Waals surface area (Å²) in [6.07, 6.45) is 5.35. The normalized spacial score (nSPS) is 12.4. The van der Waals surface area contributed by atoms with E-state index in [9.17, 15) is 12.8 Å². The van der Waals surface area contributed by atoms with E-state index in [1.807, 2.05) is 0 Å². The zero-order valence-electron chi connectivity index (χ0n) is 11.8. The van der Waals surface area contributed by atoms with Crippen LogP contribution in [0.1, 0.15) is 0 Å². The number of terminal acetylenes is 1. The topological polar surface area (TPSA) is 51.4 Å². The Bertz CT molecular complexity index is 1070. The van der Waals surface area contributed by atoms with Crippen molar-refractivity contribution in [3.05, 3.63) is 59.1 Å². The first-order valence-corrected chi connectivity index (χ1v) is 8.85. The molecule has 0 bridgehead atoms. The summed E-state index contributed by atoms with van der Waals surface area (Å²) in [6, 6.07) is 12.1. The minimum atomic E-state index is -3.86. The zero-order valence-corrected chi connectivity index (χ0v) is 13.4. The highest BCUT2D eigenvalue weighted by Gasteiger charge is 2.14. The predicted octanol–water partition coefficient (Wildman–Crippen LogP) is 2.76. The van der Waals surface area contributed by atoms with Gasteiger partial charge in [0.15, 0.2) is 0 Å². The molecule has 0 unspecified atom stereocenters. The van der Waals surface area contributed by atoms with Gasteiger partial charge < -0.3 is 4.57 Å². The van der Waals surface area contributed by atoms with Crippen LogP contribution in [0.15, 0.2) is 57.8 Å². The lowest BCUT2D eigenvalue weighted by Crippen LogP contribution is -2.16. The lowest BCUT2D eigenvalue weighted by atomic mass is 10.3. The minimum absolute atomic E-state index is 0.0934. The van der Waals surface area contributed by atoms with E-state index in [1.165, 1.54) is 24.3 Å². The van der Waals surface area contributed by atoms with Crippen LogP contribution in [0.2, 0.25) is 0 Å². The van der Waals surface area contributed by atoms with Crippen LogP contribution in [0.4, 0.5) is 4.39 Å². The molecule has 23 heavy (non-hydrogen) atoms. The number of hydrogen-bond donors (Lipinski definition) is 0. The summed E-state index contributed by atoms with van der Waals surface area (Å²) in [6.45, 7) is 0.148. The van der Waals surface area contributed by atoms with E-state index in [1.54, 1.807) is 28.8 Å². The molecule has 0 spiro atoms. The van der Waals surface area contributed by atoms with Gasteiger partial charge in [-0.1, -0.05) is 35.5 Å². The Morgan fingerprint density at radius 1 is 1.22 bits per heavy atom. The number of halogens is 1. The Balaban J connectivity index is 2.27. The maximum absolute atomic E-state index is 13.4. The molecule has 0 saturated carbocycles. The predicted molar refractivity (Wildman–Crippen MR) is 87.8 cm³/mol. The monoisotopic (exact) mass is 346 g/mol. The molecule has 1 heterocycles. The molecule has 4 nitrogen and oxygen atoms in total. The third-order valence-electron chi connectivity index (χ3n) is 3.13. The Morgan fingerprint density at radius 3 is 2.65 bits per heavy atom. The number of benzene rings is 2. The van der Waals surface area contributed by atoms with Crippen LogP contribution in [0, 0.1) is 18.2 Å². The first kappa shape index (κ1) is 15.5. The number of fused-ring (bicyclic) bond motifs is 1. The fraction of sp³-hybridized carbons (Fsp3) is 0.0625. The van der Waals surface area contributed by atoms with E-state index >= 15 is 0 Å². The smallest absolute Gasteiger partial charge is 0.285 e. The summed E-state index contributed by atoms with van der Waals surface area (Å²) in [5.74, 6) is 2.06. The average Bonchev–Trinajstić information content (AvgIpc) is 2.84. The fourth-order valence-corrected chi connectivity index (χ4v) is 4.39. The molecule has 2 aromatic carbocycles. The van der Waals surface area contributed by atoms with Crippen molar-refractivity contribution in [1.29, 1.82) is 0 Å². The second-order valence-corrected chi connectivity index (χ2v) is 7.28. The van der Waals surface area contributed by atoms with Gasteiger partial charge in [-0.15, -0.1) is 10.8 Å². The van der Waals surface area contributed by atoms with Crippen LogP contribution in [0.3, 0.4) is 0 Å². The summed E-state index contributed by atoms with van der Waals surface area (Å²) in [5, 5.41) is 0. The van der Waals surface area contributed by atoms with Gasteiger partial charge in [0.25, 0.3) is 10.0 Å². The molecule has 7 heteroatoms. The second kappa shape index (κ2) is 5.99. The molecule has 3 aromatic rings. The van der Waals surface area contributed by atoms with E-state index < -0.39 is 15.8 Å². The first-order valence-electron chi connectivity index (χ1n) is 6.60. The summed E-state index contributed by atoms with van der Waals surface area (Å²) < 4.78 is 44.2. The second-order valence-electron chi connectivity index (χ2n) is 4.67. The average molecular weight is 346 g/mol. The van der Waals surface area contributed by atoms with Crippen molar-refractivity contribution in [2.45, 2.75) is 11.4 Å². The molecular formula is C16H11FN2O2S2. The molecule has 0 atom stereocenters. The standard InChI is InChI=1S/C16H11FN2O2S2/c1-2-10-19-14-9-8-12(17)11-15(14)22-16(19)18-23(20,21)13-6-4-3-5-7-13/h1,3-9,11H,10H2. The molecule has 0 fully saturated rings. The molecule has 0 amide bonds. The van der Waals surface area contributed by atoms with Crippen molar-refractivity contribution in [3.63, 3.8) is 0 Å². The van der Waals surface area contributed by atoms with E-state index in [2.05, 4.69) is 10.3 Å². The van der Waals surface area contributed by atoms with Crippen LogP contribution < -0.4 is 4.80 Å². The van der Waals surface area contributed by atoms with E-state index in [-0.39, 0.29) is 16.2 Å². The summed E-state index contributed by atoms with van der Waals surface area (Å²) in [7, 11) is -3.86. The van der Waals surface area contributed by atoms with Gasteiger partial charge in [-0.2, -0.15) is 8.42 Å². The summed E-state index contributed by atoms with van der Waals surface area (Å²) in [5.41, 5.74) is 0.649. The molecule has 0 aliphatic rings. The third kappa shape index (κ3) is 3.04. The molecule has 3 rings (SSSR count). The SMILES string of the molecule is C#CCn1c(=NS(=O)(=O)c2ccccc2)sc2cc(F)ccc21. The van der Waals surface area contributed by atoms with Crippen LogP contribution in [-0.4, -0.2) is 13.0 Å². The Hall–Kier alpha value is -2.43. The maximum Gasteiger partial charge on any atom is 0.285 e. The molecular weight excluding hydrogens is 335 g/mol. The van der Waals surface area contributed by atoms with E-state index in [4.69, 9.17) is 6.42 Å². The molecule has 1 aromatic heterocycles. The number of aromatic nitrogens is 1. The van der Waals surface area contributed by atoms with Gasteiger partial charge in [0.2, 0.25) is 4.80 Å². The number of rotatable bonds is 3. The highest BCUT2D eigenvalue weighted by molar-refractivity contribution is 7.90. The van der Waals surface area contributed by atoms with Gasteiger partial charge in [0, 0.05) is 0 Å². The highest BCUT2D eigenvalue weighted by Crippen LogP contribution is 2.19. The lowest BCUT2D eigenvalue weighted by molar-refractivity contribution is 0.596. The van der Waals surface area contributed by atoms with Crippen molar-refractivity contribution in [1.82, 2.24) is 4.57 Å². The fourth-order valence-electron chi connectivity index (χ4n) is 2.11. The van der Waals surface area contributed by atoms with Gasteiger partial charge in [0.05, 0.1) is 21.7 Å². The molecule has 0 saturated heterocycles. The molecule has 0 radical (unpaired) electrons. The Kier molecular flexibility index (Phi) is 4.03. The van der Waals surface area contributed by atoms with Crippen molar-refractivity contribution in [3.8, 4) is 12.3 Å². The number of hydrogen-bond acceptors (Lipinski definition) is 3. The van der Waals surface area contributed by atoms with Crippen molar-refractivity contribution >= 4 is 31.6 Å². The molecule has 0 N–H and O–H groups in total. The van der Waals surface area contributed by atoms with Crippen LogP contribution in [0.5, 0.6) is 0 Å². The van der Waals surface area contributed by atoms with Crippen molar-refractivity contribution < 1.29 is 12.8 Å². The highest BCUT2D eigenvalue weighted by atomic mass is 32.2. The summed E-state index contributed by atoms with van der Waals surface area (Å²) in [4.78, 5) is 0.309. The van der Waals surface area contributed by atoms with Crippen molar-refractivity contribution in [2.75, 3.05) is 0 Å². The minimum Gasteiger partial charge on any atom is -0.304 e. The zero-order chi connectivity index (χ0) is 16.4. The van der Waals surface area contributed by atoms with Crippen LogP contribution >= 0.6 is 11.3 Å². The largest absolute Gasteiger partial charge is 0.304 e. The van der Waals surface area contributed by atoms with Crippen molar-refractivity contribution in [2.24, 2.45) is 4.40 Å². The molecule has 116 valence electrons. The maximum atomic E-state index is 13.4. The number of nitrogens with zero attached hydrogens (tertiary/aromatic N) is 2. The summed E-state index contributed by atoms with van der Waals surface area (Å²) >= 11 is 1.08. The van der Waals surface area contributed by atoms with Crippen LogP contribution in [-0.2, 0) is 16.6 Å². The quantitative estimate of drug-likeness (QED) is 0.685. The first-order chi connectivity index (χ1) is 11.0. The van der Waals surface area contributed by atoms with Crippen LogP contribution in [0.25, 0.3) is 10.2 Å². The van der Waals surface area contributed by atoms with Gasteiger partial charge >= 0.3 is 0 Å². The van der Waals surface area contributed by atoms with Gasteiger partial charge in [-0.3, -0.25) is 0 Å². The van der Waals surface area contributed by atoms with Gasteiger partial charge in [0.1, 0.15) is 5.82 Å².